The molecule has 0 saturated carbocycles. The van der Waals surface area contributed by atoms with Gasteiger partial charge in [-0.05, 0) is 35.4 Å². The predicted molar refractivity (Wildman–Crippen MR) is 119 cm³/mol. The summed E-state index contributed by atoms with van der Waals surface area (Å²) >= 11 is 0. The predicted octanol–water partition coefficient (Wildman–Crippen LogP) is 2.27. The van der Waals surface area contributed by atoms with E-state index in [1.807, 2.05) is 0 Å². The molecule has 0 aliphatic carbocycles. The highest BCUT2D eigenvalue weighted by Crippen LogP contribution is 2.42. The van der Waals surface area contributed by atoms with Crippen molar-refractivity contribution in [3.63, 3.8) is 0 Å². The Kier molecular flexibility index (Phi) is 10.9. The van der Waals surface area contributed by atoms with Crippen LogP contribution >= 0.6 is 7.82 Å². The van der Waals surface area contributed by atoms with Gasteiger partial charge in [0.05, 0.1) is 28.4 Å². The normalized spacial score (nSPS) is 10.8. The van der Waals surface area contributed by atoms with Crippen LogP contribution in [0, 0.1) is 0 Å². The molecule has 0 spiro atoms. The number of ether oxygens (including phenoxy) is 4. The maximum atomic E-state index is 11.1. The van der Waals surface area contributed by atoms with E-state index in [4.69, 9.17) is 40.2 Å². The van der Waals surface area contributed by atoms with Gasteiger partial charge in [0.1, 0.15) is 0 Å². The molecule has 0 aliphatic heterocycles. The van der Waals surface area contributed by atoms with E-state index in [1.54, 1.807) is 36.4 Å². The fourth-order valence-corrected chi connectivity index (χ4v) is 2.79. The Morgan fingerprint density at radius 2 is 1.26 bits per heavy atom. The molecule has 0 aliphatic rings. The lowest BCUT2D eigenvalue weighted by Gasteiger charge is -2.13. The van der Waals surface area contributed by atoms with Gasteiger partial charge in [0.25, 0.3) is 0 Å². The first-order chi connectivity index (χ1) is 14.7. The zero-order valence-electron chi connectivity index (χ0n) is 17.9. The number of phosphoric ester groups is 1. The number of hydrogen-bond donors (Lipinski definition) is 4. The summed E-state index contributed by atoms with van der Waals surface area (Å²) in [6, 6.07) is 8.29. The van der Waals surface area contributed by atoms with Gasteiger partial charge in [-0.1, -0.05) is 18.2 Å². The second-order valence-corrected chi connectivity index (χ2v) is 7.03. The first-order valence-corrected chi connectivity index (χ1v) is 10.6. The Morgan fingerprint density at radius 1 is 0.774 bits per heavy atom. The van der Waals surface area contributed by atoms with E-state index in [0.717, 1.165) is 5.56 Å². The third-order valence-corrected chi connectivity index (χ3v) is 4.16. The van der Waals surface area contributed by atoms with Crippen LogP contribution in [0.5, 0.6) is 28.7 Å². The fraction of sp³-hybridized carbons (Fsp3) is 0.300. The molecule has 6 N–H and O–H groups in total. The van der Waals surface area contributed by atoms with Crippen molar-refractivity contribution in [2.45, 2.75) is 0 Å². The van der Waals surface area contributed by atoms with Crippen molar-refractivity contribution >= 4 is 20.0 Å². The zero-order valence-corrected chi connectivity index (χ0v) is 18.8. The molecule has 172 valence electrons. The van der Waals surface area contributed by atoms with Crippen LogP contribution in [0.25, 0.3) is 12.2 Å². The molecular formula is C20H29N2O8P. The van der Waals surface area contributed by atoms with E-state index in [0.29, 0.717) is 35.9 Å². The van der Waals surface area contributed by atoms with Crippen molar-refractivity contribution in [2.75, 3.05) is 41.5 Å². The quantitative estimate of drug-likeness (QED) is 0.326. The Hall–Kier alpha value is -2.75. The van der Waals surface area contributed by atoms with Crippen molar-refractivity contribution in [3.05, 3.63) is 41.5 Å². The number of methoxy groups -OCH3 is 4. The van der Waals surface area contributed by atoms with Gasteiger partial charge in [0.2, 0.25) is 5.75 Å². The van der Waals surface area contributed by atoms with Crippen molar-refractivity contribution in [1.82, 2.24) is 0 Å². The third-order valence-electron chi connectivity index (χ3n) is 3.73. The molecule has 11 heteroatoms. The van der Waals surface area contributed by atoms with Crippen molar-refractivity contribution in [3.8, 4) is 28.7 Å². The minimum absolute atomic E-state index is 0.0575. The van der Waals surface area contributed by atoms with Crippen LogP contribution in [-0.4, -0.2) is 51.3 Å². The summed E-state index contributed by atoms with van der Waals surface area (Å²) in [7, 11) is 1.26. The van der Waals surface area contributed by atoms with Gasteiger partial charge in [-0.2, -0.15) is 0 Å². The van der Waals surface area contributed by atoms with Crippen molar-refractivity contribution in [2.24, 2.45) is 11.5 Å². The molecule has 0 saturated heterocycles. The van der Waals surface area contributed by atoms with Gasteiger partial charge in [-0.15, -0.1) is 0 Å². The average Bonchev–Trinajstić information content (AvgIpc) is 2.75. The van der Waals surface area contributed by atoms with Gasteiger partial charge in [0, 0.05) is 13.1 Å². The molecule has 10 nitrogen and oxygen atoms in total. The molecule has 31 heavy (non-hydrogen) atoms. The zero-order chi connectivity index (χ0) is 23.4. The summed E-state index contributed by atoms with van der Waals surface area (Å²) < 4.78 is 36.8. The molecule has 0 radical (unpaired) electrons. The molecule has 0 heterocycles. The van der Waals surface area contributed by atoms with Crippen molar-refractivity contribution in [1.29, 1.82) is 0 Å². The maximum absolute atomic E-state index is 11.1. The Bertz CT molecular complexity index is 887. The number of hydrogen-bond acceptors (Lipinski definition) is 8. The summed E-state index contributed by atoms with van der Waals surface area (Å²) in [6.45, 7) is 1.19. The number of benzene rings is 2. The number of rotatable bonds is 9. The highest BCUT2D eigenvalue weighted by atomic mass is 31.2. The van der Waals surface area contributed by atoms with Crippen LogP contribution in [0.1, 0.15) is 11.1 Å². The topological polar surface area (TPSA) is 156 Å². The highest BCUT2D eigenvalue weighted by Gasteiger charge is 2.19. The standard InChI is InChI=1S/C18H21O8P.C2H8N2/c1-22-14-8-7-12(9-15(14)26-27(19,20)21)5-6-13-10-16(23-2)18(25-4)17(11-13)24-3;3-1-2-4/h5-11H,1-4H3,(H2,19,20,21);1-4H2/b6-5-;. The molecule has 0 aromatic heterocycles. The van der Waals surface area contributed by atoms with E-state index in [2.05, 4.69) is 4.52 Å². The molecule has 2 rings (SSSR count). The molecule has 0 unspecified atom stereocenters. The maximum Gasteiger partial charge on any atom is 0.524 e. The largest absolute Gasteiger partial charge is 0.524 e. The van der Waals surface area contributed by atoms with Gasteiger partial charge in [0.15, 0.2) is 23.0 Å². The second kappa shape index (κ2) is 12.8. The van der Waals surface area contributed by atoms with E-state index in [-0.39, 0.29) is 11.5 Å². The lowest BCUT2D eigenvalue weighted by molar-refractivity contribution is 0.276. The molecule has 0 bridgehead atoms. The van der Waals surface area contributed by atoms with Gasteiger partial charge >= 0.3 is 7.82 Å². The minimum Gasteiger partial charge on any atom is -0.493 e. The fourth-order valence-electron chi connectivity index (χ4n) is 2.39. The van der Waals surface area contributed by atoms with Gasteiger partial charge in [-0.25, -0.2) is 4.57 Å². The van der Waals surface area contributed by atoms with Crippen LogP contribution in [0.2, 0.25) is 0 Å². The number of phosphoric acid groups is 1. The monoisotopic (exact) mass is 456 g/mol. The first-order valence-electron chi connectivity index (χ1n) is 9.04. The minimum atomic E-state index is -4.71. The first kappa shape index (κ1) is 26.3. The summed E-state index contributed by atoms with van der Waals surface area (Å²) in [5.74, 6) is 1.66. The molecule has 2 aromatic carbocycles. The van der Waals surface area contributed by atoms with E-state index in [1.165, 1.54) is 34.5 Å². The lowest BCUT2D eigenvalue weighted by Crippen LogP contribution is -2.11. The molecule has 0 atom stereocenters. The summed E-state index contributed by atoms with van der Waals surface area (Å²) in [5, 5.41) is 0. The average molecular weight is 456 g/mol. The lowest BCUT2D eigenvalue weighted by atomic mass is 10.1. The van der Waals surface area contributed by atoms with Crippen LogP contribution in [-0.2, 0) is 4.57 Å². The van der Waals surface area contributed by atoms with Crippen LogP contribution < -0.4 is 34.9 Å². The van der Waals surface area contributed by atoms with Crippen LogP contribution in [0.15, 0.2) is 30.3 Å². The molecule has 0 amide bonds. The molecule has 0 fully saturated rings. The van der Waals surface area contributed by atoms with Gasteiger partial charge in [-0.3, -0.25) is 9.79 Å². The molecular weight excluding hydrogens is 427 g/mol. The van der Waals surface area contributed by atoms with Crippen LogP contribution in [0.4, 0.5) is 0 Å². The SMILES string of the molecule is COc1ccc(/C=C\c2cc(OC)c(OC)c(OC)c2)cc1OP(=O)(O)O.NCCN. The third kappa shape index (κ3) is 8.49. The second-order valence-electron chi connectivity index (χ2n) is 5.86. The summed E-state index contributed by atoms with van der Waals surface area (Å²) in [6.07, 6.45) is 3.53. The number of nitrogens with two attached hydrogens (primary N) is 2. The van der Waals surface area contributed by atoms with E-state index >= 15 is 0 Å². The molecule has 2 aromatic rings. The Morgan fingerprint density at radius 3 is 1.68 bits per heavy atom. The van der Waals surface area contributed by atoms with Crippen molar-refractivity contribution < 1.29 is 37.8 Å². The smallest absolute Gasteiger partial charge is 0.493 e. The Labute approximate surface area is 181 Å². The van der Waals surface area contributed by atoms with E-state index < -0.39 is 7.82 Å². The van der Waals surface area contributed by atoms with Crippen LogP contribution in [0.3, 0.4) is 0 Å². The summed E-state index contributed by atoms with van der Waals surface area (Å²) in [4.78, 5) is 18.1. The highest BCUT2D eigenvalue weighted by molar-refractivity contribution is 7.46. The van der Waals surface area contributed by atoms with Gasteiger partial charge < -0.3 is 34.9 Å². The Balaban J connectivity index is 0.00000110. The summed E-state index contributed by atoms with van der Waals surface area (Å²) in [5.41, 5.74) is 11.2. The van der Waals surface area contributed by atoms with E-state index in [9.17, 15) is 4.57 Å².